The predicted molar refractivity (Wildman–Crippen MR) is 227 cm³/mol. The Bertz CT molecular complexity index is 3040. The van der Waals surface area contributed by atoms with Crippen LogP contribution >= 0.6 is 11.8 Å². The highest BCUT2D eigenvalue weighted by atomic mass is 32.2. The van der Waals surface area contributed by atoms with Crippen molar-refractivity contribution in [2.24, 2.45) is 0 Å². The van der Waals surface area contributed by atoms with Gasteiger partial charge in [0.2, 0.25) is 0 Å². The fourth-order valence-electron chi connectivity index (χ4n) is 9.08. The zero-order valence-corrected chi connectivity index (χ0v) is 31.0. The molecule has 1 spiro atoms. The maximum atomic E-state index is 10.0. The van der Waals surface area contributed by atoms with Gasteiger partial charge < -0.3 is 0 Å². The van der Waals surface area contributed by atoms with E-state index in [-0.39, 0.29) is 0 Å². The summed E-state index contributed by atoms with van der Waals surface area (Å²) in [6.45, 7) is 0. The minimum absolute atomic E-state index is 0.588. The molecule has 0 amide bonds. The summed E-state index contributed by atoms with van der Waals surface area (Å²) in [6.07, 6.45) is 0. The Kier molecular flexibility index (Phi) is 7.38. The lowest BCUT2D eigenvalue weighted by Gasteiger charge is -2.39. The highest BCUT2D eigenvalue weighted by Crippen LogP contribution is 2.64. The van der Waals surface area contributed by atoms with Crippen molar-refractivity contribution in [2.75, 3.05) is 0 Å². The summed E-state index contributed by atoms with van der Waals surface area (Å²) in [5.74, 6) is 0.684. The number of nitriles is 1. The van der Waals surface area contributed by atoms with E-state index in [4.69, 9.17) is 9.97 Å². The largest absolute Gasteiger partial charge is 0.228 e. The number of fused-ring (bicyclic) bond motifs is 10. The topological polar surface area (TPSA) is 49.6 Å². The van der Waals surface area contributed by atoms with Crippen molar-refractivity contribution >= 4 is 22.5 Å². The first-order valence-corrected chi connectivity index (χ1v) is 19.6. The molecule has 0 atom stereocenters. The lowest BCUT2D eigenvalue weighted by Crippen LogP contribution is -2.31. The van der Waals surface area contributed by atoms with Crippen molar-refractivity contribution in [3.05, 3.63) is 216 Å². The molecule has 0 unspecified atom stereocenters. The van der Waals surface area contributed by atoms with Crippen molar-refractivity contribution in [2.45, 2.75) is 15.2 Å². The number of benzene rings is 8. The SMILES string of the molecule is N#Cc1cccc(-c2cccc3c2-c2c(-c4cc(-c5ccccc5)nc(-c5cccc6ccccc56)n4)cccc2C32c3ccccc3Sc3ccccc32)c1. The molecular formula is C52H31N3S. The van der Waals surface area contributed by atoms with Crippen molar-refractivity contribution in [3.8, 4) is 62.2 Å². The molecule has 3 nitrogen and oxygen atoms in total. The van der Waals surface area contributed by atoms with Gasteiger partial charge in [-0.25, -0.2) is 9.97 Å². The van der Waals surface area contributed by atoms with Crippen LogP contribution < -0.4 is 0 Å². The molecule has 0 saturated heterocycles. The minimum atomic E-state index is -0.588. The lowest BCUT2D eigenvalue weighted by atomic mass is 9.67. The van der Waals surface area contributed by atoms with E-state index in [0.717, 1.165) is 61.1 Å². The van der Waals surface area contributed by atoms with Crippen molar-refractivity contribution in [1.82, 2.24) is 9.97 Å². The van der Waals surface area contributed by atoms with E-state index in [1.165, 1.54) is 32.0 Å². The molecule has 9 aromatic rings. The predicted octanol–water partition coefficient (Wildman–Crippen LogP) is 13.0. The second kappa shape index (κ2) is 12.8. The van der Waals surface area contributed by atoms with Gasteiger partial charge in [0.25, 0.3) is 0 Å². The Balaban J connectivity index is 1.27. The van der Waals surface area contributed by atoms with Gasteiger partial charge in [0.1, 0.15) is 0 Å². The summed E-state index contributed by atoms with van der Waals surface area (Å²) in [6, 6.07) is 69.0. The van der Waals surface area contributed by atoms with E-state index in [0.29, 0.717) is 11.4 Å². The molecule has 56 heavy (non-hydrogen) atoms. The first-order chi connectivity index (χ1) is 27.7. The summed E-state index contributed by atoms with van der Waals surface area (Å²) in [4.78, 5) is 13.3. The van der Waals surface area contributed by atoms with Crippen LogP contribution in [0.25, 0.3) is 66.9 Å². The fourth-order valence-corrected chi connectivity index (χ4v) is 10.3. The molecule has 1 aliphatic heterocycles. The van der Waals surface area contributed by atoms with Crippen LogP contribution in [0.5, 0.6) is 0 Å². The monoisotopic (exact) mass is 729 g/mol. The molecular weight excluding hydrogens is 699 g/mol. The van der Waals surface area contributed by atoms with Gasteiger partial charge in [-0.05, 0) is 85.6 Å². The summed E-state index contributed by atoms with van der Waals surface area (Å²) < 4.78 is 0. The molecule has 4 heteroatoms. The Hall–Kier alpha value is -7.06. The molecule has 0 radical (unpaired) electrons. The lowest BCUT2D eigenvalue weighted by molar-refractivity contribution is 0.722. The minimum Gasteiger partial charge on any atom is -0.228 e. The third-order valence-electron chi connectivity index (χ3n) is 11.4. The first-order valence-electron chi connectivity index (χ1n) is 18.8. The number of nitrogens with zero attached hydrogens (tertiary/aromatic N) is 3. The van der Waals surface area contributed by atoms with Crippen LogP contribution in [-0.2, 0) is 5.41 Å². The van der Waals surface area contributed by atoms with Crippen LogP contribution in [0.2, 0.25) is 0 Å². The van der Waals surface area contributed by atoms with Gasteiger partial charge >= 0.3 is 0 Å². The maximum absolute atomic E-state index is 10.0. The van der Waals surface area contributed by atoms with E-state index in [1.54, 1.807) is 0 Å². The molecule has 1 aliphatic carbocycles. The third kappa shape index (κ3) is 4.78. The fraction of sp³-hybridized carbons (Fsp3) is 0.0192. The Morgan fingerprint density at radius 3 is 1.77 bits per heavy atom. The van der Waals surface area contributed by atoms with Gasteiger partial charge in [-0.2, -0.15) is 5.26 Å². The van der Waals surface area contributed by atoms with E-state index < -0.39 is 5.41 Å². The van der Waals surface area contributed by atoms with E-state index in [9.17, 15) is 5.26 Å². The van der Waals surface area contributed by atoms with Crippen molar-refractivity contribution < 1.29 is 0 Å². The molecule has 1 aromatic heterocycles. The molecule has 0 bridgehead atoms. The Labute approximate surface area is 329 Å². The van der Waals surface area contributed by atoms with Gasteiger partial charge in [0.15, 0.2) is 5.82 Å². The number of aromatic nitrogens is 2. The number of rotatable bonds is 4. The highest BCUT2D eigenvalue weighted by molar-refractivity contribution is 7.99. The highest BCUT2D eigenvalue weighted by Gasteiger charge is 2.51. The summed E-state index contributed by atoms with van der Waals surface area (Å²) in [5, 5.41) is 12.3. The van der Waals surface area contributed by atoms with Gasteiger partial charge in [-0.1, -0.05) is 169 Å². The van der Waals surface area contributed by atoms with Gasteiger partial charge in [0.05, 0.1) is 28.4 Å². The van der Waals surface area contributed by atoms with Crippen LogP contribution in [0, 0.1) is 11.3 Å². The molecule has 8 aromatic carbocycles. The zero-order chi connectivity index (χ0) is 37.2. The maximum Gasteiger partial charge on any atom is 0.161 e. The molecule has 2 aliphatic rings. The average molecular weight is 730 g/mol. The van der Waals surface area contributed by atoms with Gasteiger partial charge in [-0.3, -0.25) is 0 Å². The quantitative estimate of drug-likeness (QED) is 0.181. The van der Waals surface area contributed by atoms with Crippen LogP contribution in [0.4, 0.5) is 0 Å². The van der Waals surface area contributed by atoms with E-state index in [2.05, 4.69) is 170 Å². The van der Waals surface area contributed by atoms with E-state index in [1.807, 2.05) is 36.0 Å². The van der Waals surface area contributed by atoms with Gasteiger partial charge in [0, 0.05) is 26.5 Å². The zero-order valence-electron chi connectivity index (χ0n) is 30.1. The summed E-state index contributed by atoms with van der Waals surface area (Å²) in [5.41, 5.74) is 14.2. The third-order valence-corrected chi connectivity index (χ3v) is 12.5. The number of hydrogen-bond acceptors (Lipinski definition) is 4. The molecule has 260 valence electrons. The van der Waals surface area contributed by atoms with Crippen LogP contribution in [0.3, 0.4) is 0 Å². The van der Waals surface area contributed by atoms with Crippen LogP contribution in [0.15, 0.2) is 198 Å². The second-order valence-corrected chi connectivity index (χ2v) is 15.4. The first kappa shape index (κ1) is 32.4. The standard InChI is InChI=1S/C52H31N3S/c53-32-33-14-10-19-36(30-33)38-21-12-26-43-49(38)50-40(23-13-27-44(50)52(43)41-24-6-8-28-47(41)56-48-29-9-7-25-42(48)52)46-31-45(35-16-2-1-3-17-35)54-51(55-46)39-22-11-18-34-15-4-5-20-37(34)39/h1-31H. The van der Waals surface area contributed by atoms with Gasteiger partial charge in [-0.15, -0.1) is 0 Å². The van der Waals surface area contributed by atoms with Crippen LogP contribution in [0.1, 0.15) is 27.8 Å². The van der Waals surface area contributed by atoms with E-state index >= 15 is 0 Å². The smallest absolute Gasteiger partial charge is 0.161 e. The Morgan fingerprint density at radius 1 is 0.446 bits per heavy atom. The van der Waals surface area contributed by atoms with Crippen molar-refractivity contribution in [3.63, 3.8) is 0 Å². The normalized spacial score (nSPS) is 13.1. The molecule has 0 saturated carbocycles. The number of hydrogen-bond donors (Lipinski definition) is 0. The average Bonchev–Trinajstić information content (AvgIpc) is 3.57. The molecule has 11 rings (SSSR count). The second-order valence-electron chi connectivity index (χ2n) is 14.3. The molecule has 0 N–H and O–H groups in total. The summed E-state index contributed by atoms with van der Waals surface area (Å²) in [7, 11) is 0. The van der Waals surface area contributed by atoms with Crippen LogP contribution in [-0.4, -0.2) is 9.97 Å². The Morgan fingerprint density at radius 2 is 1.00 bits per heavy atom. The summed E-state index contributed by atoms with van der Waals surface area (Å²) >= 11 is 1.84. The van der Waals surface area contributed by atoms with Crippen molar-refractivity contribution in [1.29, 1.82) is 5.26 Å². The molecule has 0 fully saturated rings. The molecule has 2 heterocycles.